The number of carbonyl (C=O) groups excluding carboxylic acids is 1. The number of benzene rings is 2. The normalized spacial score (nSPS) is 12.3. The molecule has 0 aliphatic heterocycles. The van der Waals surface area contributed by atoms with Gasteiger partial charge < -0.3 is 9.73 Å². The molecule has 0 radical (unpaired) electrons. The monoisotopic (exact) mass is 346 g/mol. The van der Waals surface area contributed by atoms with E-state index < -0.39 is 0 Å². The molecule has 23 heavy (non-hydrogen) atoms. The predicted octanol–water partition coefficient (Wildman–Crippen LogP) is 4.99. The maximum Gasteiger partial charge on any atom is 0.257 e. The number of hydrogen-bond donors (Lipinski definition) is 1. The van der Waals surface area contributed by atoms with Crippen LogP contribution in [0.5, 0.6) is 0 Å². The van der Waals surface area contributed by atoms with Crippen molar-refractivity contribution in [2.75, 3.05) is 5.32 Å². The van der Waals surface area contributed by atoms with Gasteiger partial charge >= 0.3 is 0 Å². The van der Waals surface area contributed by atoms with Crippen LogP contribution in [0.2, 0.25) is 5.02 Å². The molecule has 1 heterocycles. The van der Waals surface area contributed by atoms with E-state index in [1.807, 2.05) is 31.2 Å². The fourth-order valence-electron chi connectivity index (χ4n) is 2.10. The molecule has 0 saturated heterocycles. The van der Waals surface area contributed by atoms with E-state index in [4.69, 9.17) is 16.0 Å². The molecule has 0 bridgehead atoms. The van der Waals surface area contributed by atoms with Crippen molar-refractivity contribution in [3.63, 3.8) is 0 Å². The lowest BCUT2D eigenvalue weighted by atomic mass is 10.3. The fraction of sp³-hybridized carbons (Fsp3) is 0.176. The number of para-hydroxylation sites is 2. The second-order valence-electron chi connectivity index (χ2n) is 4.96. The van der Waals surface area contributed by atoms with E-state index in [1.54, 1.807) is 24.3 Å². The highest BCUT2D eigenvalue weighted by atomic mass is 35.5. The number of nitrogens with zero attached hydrogens (tertiary/aromatic N) is 1. The van der Waals surface area contributed by atoms with Crippen LogP contribution in [-0.2, 0) is 4.79 Å². The van der Waals surface area contributed by atoms with Gasteiger partial charge in [0.2, 0.25) is 5.91 Å². The molecular weight excluding hydrogens is 332 g/mol. The van der Waals surface area contributed by atoms with Gasteiger partial charge in [-0.15, -0.1) is 0 Å². The molecule has 0 aliphatic rings. The predicted molar refractivity (Wildman–Crippen MR) is 94.0 cm³/mol. The van der Waals surface area contributed by atoms with Gasteiger partial charge in [-0.05, 0) is 42.8 Å². The maximum atomic E-state index is 12.4. The quantitative estimate of drug-likeness (QED) is 0.661. The number of nitrogens with one attached hydrogen (secondary N) is 1. The minimum Gasteiger partial charge on any atom is -0.431 e. The number of fused-ring (bicyclic) bond motifs is 1. The summed E-state index contributed by atoms with van der Waals surface area (Å²) in [6.45, 7) is 1.96. The summed E-state index contributed by atoms with van der Waals surface area (Å²) in [5, 5.41) is 3.75. The second-order valence-corrected chi connectivity index (χ2v) is 6.55. The Morgan fingerprint density at radius 1 is 1.26 bits per heavy atom. The zero-order chi connectivity index (χ0) is 16.2. The summed E-state index contributed by atoms with van der Waals surface area (Å²) >= 11 is 7.18. The van der Waals surface area contributed by atoms with Crippen molar-refractivity contribution in [3.8, 4) is 0 Å². The average Bonchev–Trinajstić information content (AvgIpc) is 2.97. The number of aromatic nitrogens is 1. The van der Waals surface area contributed by atoms with Crippen molar-refractivity contribution in [2.24, 2.45) is 0 Å². The third kappa shape index (κ3) is 3.86. The Hall–Kier alpha value is -1.98. The molecular formula is C17H15ClN2O2S. The number of hydrogen-bond acceptors (Lipinski definition) is 4. The molecule has 0 spiro atoms. The Balaban J connectivity index is 1.71. The standard InChI is InChI=1S/C17H15ClN2O2S/c1-2-15(16(21)19-12-9-7-11(18)8-10-12)23-17-20-13-5-3-4-6-14(13)22-17/h3-10,15H,2H2,1H3,(H,19,21). The number of halogens is 1. The summed E-state index contributed by atoms with van der Waals surface area (Å²) in [5.41, 5.74) is 2.24. The fourth-order valence-corrected chi connectivity index (χ4v) is 3.09. The zero-order valence-electron chi connectivity index (χ0n) is 12.5. The Kier molecular flexibility index (Phi) is 4.88. The number of thioether (sulfide) groups is 1. The Morgan fingerprint density at radius 3 is 2.70 bits per heavy atom. The maximum absolute atomic E-state index is 12.4. The molecule has 1 N–H and O–H groups in total. The van der Waals surface area contributed by atoms with Gasteiger partial charge in [0.15, 0.2) is 5.58 Å². The number of carbonyl (C=O) groups is 1. The van der Waals surface area contributed by atoms with Gasteiger partial charge in [0, 0.05) is 10.7 Å². The SMILES string of the molecule is CCC(Sc1nc2ccccc2o1)C(=O)Nc1ccc(Cl)cc1. The van der Waals surface area contributed by atoms with E-state index in [0.29, 0.717) is 16.7 Å². The molecule has 3 aromatic rings. The molecule has 6 heteroatoms. The Labute approximate surface area is 143 Å². The van der Waals surface area contributed by atoms with Crippen molar-refractivity contribution in [3.05, 3.63) is 53.6 Å². The van der Waals surface area contributed by atoms with Crippen LogP contribution in [0.25, 0.3) is 11.1 Å². The lowest BCUT2D eigenvalue weighted by molar-refractivity contribution is -0.115. The van der Waals surface area contributed by atoms with Gasteiger partial charge in [-0.3, -0.25) is 4.79 Å². The van der Waals surface area contributed by atoms with Gasteiger partial charge in [-0.1, -0.05) is 42.4 Å². The molecule has 3 rings (SSSR count). The molecule has 2 aromatic carbocycles. The molecule has 0 fully saturated rings. The summed E-state index contributed by atoms with van der Waals surface area (Å²) in [6, 6.07) is 14.6. The first kappa shape index (κ1) is 15.9. The van der Waals surface area contributed by atoms with E-state index in [-0.39, 0.29) is 11.2 Å². The molecule has 0 saturated carbocycles. The van der Waals surface area contributed by atoms with E-state index in [2.05, 4.69) is 10.3 Å². The van der Waals surface area contributed by atoms with Gasteiger partial charge in [0.05, 0.1) is 5.25 Å². The minimum atomic E-state index is -0.279. The Bertz CT molecular complexity index is 784. The van der Waals surface area contributed by atoms with Gasteiger partial charge in [0.25, 0.3) is 5.22 Å². The summed E-state index contributed by atoms with van der Waals surface area (Å²) in [4.78, 5) is 16.8. The Morgan fingerprint density at radius 2 is 2.00 bits per heavy atom. The lowest BCUT2D eigenvalue weighted by Crippen LogP contribution is -2.24. The third-order valence-electron chi connectivity index (χ3n) is 3.29. The van der Waals surface area contributed by atoms with E-state index in [1.165, 1.54) is 11.8 Å². The molecule has 118 valence electrons. The highest BCUT2D eigenvalue weighted by molar-refractivity contribution is 8.00. The summed E-state index contributed by atoms with van der Waals surface area (Å²) in [5.74, 6) is -0.0814. The van der Waals surface area contributed by atoms with Gasteiger partial charge in [-0.25, -0.2) is 4.98 Å². The second kappa shape index (κ2) is 7.06. The molecule has 1 atom stereocenters. The van der Waals surface area contributed by atoms with Crippen LogP contribution in [0.4, 0.5) is 5.69 Å². The number of amides is 1. The highest BCUT2D eigenvalue weighted by Gasteiger charge is 2.21. The van der Waals surface area contributed by atoms with Crippen LogP contribution < -0.4 is 5.32 Å². The number of rotatable bonds is 5. The van der Waals surface area contributed by atoms with Crippen LogP contribution >= 0.6 is 23.4 Å². The molecule has 0 aliphatic carbocycles. The number of oxazole rings is 1. The van der Waals surface area contributed by atoms with Crippen LogP contribution in [0.3, 0.4) is 0 Å². The topological polar surface area (TPSA) is 55.1 Å². The lowest BCUT2D eigenvalue weighted by Gasteiger charge is -2.12. The smallest absolute Gasteiger partial charge is 0.257 e. The van der Waals surface area contributed by atoms with E-state index in [9.17, 15) is 4.79 Å². The van der Waals surface area contributed by atoms with Crippen molar-refractivity contribution >= 4 is 46.1 Å². The zero-order valence-corrected chi connectivity index (χ0v) is 14.0. The first-order valence-corrected chi connectivity index (χ1v) is 8.50. The third-order valence-corrected chi connectivity index (χ3v) is 4.75. The van der Waals surface area contributed by atoms with Crippen molar-refractivity contribution in [1.82, 2.24) is 4.98 Å². The number of anilines is 1. The highest BCUT2D eigenvalue weighted by Crippen LogP contribution is 2.29. The summed E-state index contributed by atoms with van der Waals surface area (Å²) in [6.07, 6.45) is 0.669. The minimum absolute atomic E-state index is 0.0814. The molecule has 1 unspecified atom stereocenters. The van der Waals surface area contributed by atoms with Crippen LogP contribution in [0.1, 0.15) is 13.3 Å². The van der Waals surface area contributed by atoms with E-state index in [0.717, 1.165) is 16.8 Å². The van der Waals surface area contributed by atoms with Crippen molar-refractivity contribution < 1.29 is 9.21 Å². The van der Waals surface area contributed by atoms with Crippen molar-refractivity contribution in [1.29, 1.82) is 0 Å². The molecule has 4 nitrogen and oxygen atoms in total. The van der Waals surface area contributed by atoms with E-state index >= 15 is 0 Å². The molecule has 1 amide bonds. The van der Waals surface area contributed by atoms with Crippen LogP contribution in [-0.4, -0.2) is 16.1 Å². The summed E-state index contributed by atoms with van der Waals surface area (Å²) < 4.78 is 5.67. The van der Waals surface area contributed by atoms with Crippen LogP contribution in [0, 0.1) is 0 Å². The first-order valence-electron chi connectivity index (χ1n) is 7.24. The van der Waals surface area contributed by atoms with Gasteiger partial charge in [-0.2, -0.15) is 0 Å². The summed E-state index contributed by atoms with van der Waals surface area (Å²) in [7, 11) is 0. The van der Waals surface area contributed by atoms with Gasteiger partial charge in [0.1, 0.15) is 5.52 Å². The van der Waals surface area contributed by atoms with Crippen LogP contribution in [0.15, 0.2) is 58.2 Å². The average molecular weight is 347 g/mol. The largest absolute Gasteiger partial charge is 0.431 e. The molecule has 1 aromatic heterocycles. The van der Waals surface area contributed by atoms with Crippen molar-refractivity contribution in [2.45, 2.75) is 23.8 Å². The first-order chi connectivity index (χ1) is 11.2.